The molecule has 2 heterocycles. The molecular weight excluding hydrogens is 237 g/mol. The average Bonchev–Trinajstić information content (AvgIpc) is 2.17. The lowest BCUT2D eigenvalue weighted by molar-refractivity contribution is 1.06. The van der Waals surface area contributed by atoms with Gasteiger partial charge in [-0.15, -0.1) is 0 Å². The van der Waals surface area contributed by atoms with Crippen LogP contribution in [0.5, 0.6) is 0 Å². The van der Waals surface area contributed by atoms with Gasteiger partial charge in [0.25, 0.3) is 0 Å². The highest BCUT2D eigenvalue weighted by Crippen LogP contribution is 2.25. The number of nitrogens with zero attached hydrogens (tertiary/aromatic N) is 4. The van der Waals surface area contributed by atoms with E-state index in [1.165, 1.54) is 12.5 Å². The van der Waals surface area contributed by atoms with E-state index in [1.54, 1.807) is 6.07 Å². The van der Waals surface area contributed by atoms with Gasteiger partial charge in [-0.25, -0.2) is 15.0 Å². The number of hydrogen-bond acceptors (Lipinski definition) is 5. The van der Waals surface area contributed by atoms with Gasteiger partial charge in [-0.1, -0.05) is 23.2 Å². The van der Waals surface area contributed by atoms with Crippen LogP contribution in [-0.2, 0) is 0 Å². The third-order valence-corrected chi connectivity index (χ3v) is 2.10. The lowest BCUT2D eigenvalue weighted by Gasteiger charge is -2.01. The van der Waals surface area contributed by atoms with Gasteiger partial charge in [0.2, 0.25) is 5.95 Å². The number of nitrogen functional groups attached to an aromatic ring is 1. The highest BCUT2D eigenvalue weighted by atomic mass is 35.5. The summed E-state index contributed by atoms with van der Waals surface area (Å²) in [6.45, 7) is 0. The first-order valence-corrected chi connectivity index (χ1v) is 4.68. The standard InChI is InChI=1S/C8H5Cl2N5/c9-4-1-5(10)6(12-2-4)7-13-3-14-8(11)15-7/h1-3H,(H2,11,13,14,15). The van der Waals surface area contributed by atoms with Gasteiger partial charge in [-0.2, -0.15) is 4.98 Å². The van der Waals surface area contributed by atoms with Gasteiger partial charge in [0, 0.05) is 6.20 Å². The van der Waals surface area contributed by atoms with Crippen molar-refractivity contribution in [3.63, 3.8) is 0 Å². The quantitative estimate of drug-likeness (QED) is 0.825. The first kappa shape index (κ1) is 10.1. The van der Waals surface area contributed by atoms with Crippen LogP contribution in [0.25, 0.3) is 11.5 Å². The molecule has 0 spiro atoms. The highest BCUT2D eigenvalue weighted by molar-refractivity contribution is 6.35. The van der Waals surface area contributed by atoms with Crippen LogP contribution in [0.15, 0.2) is 18.6 Å². The Hall–Kier alpha value is -1.46. The number of pyridine rings is 1. The number of aromatic nitrogens is 4. The third kappa shape index (κ3) is 2.14. The van der Waals surface area contributed by atoms with Crippen molar-refractivity contribution in [1.82, 2.24) is 19.9 Å². The summed E-state index contributed by atoms with van der Waals surface area (Å²) >= 11 is 11.6. The van der Waals surface area contributed by atoms with Crippen LogP contribution in [0.3, 0.4) is 0 Å². The molecule has 2 aromatic heterocycles. The van der Waals surface area contributed by atoms with Crippen molar-refractivity contribution in [2.75, 3.05) is 5.73 Å². The predicted octanol–water partition coefficient (Wildman–Crippen LogP) is 1.82. The molecule has 0 atom stereocenters. The lowest BCUT2D eigenvalue weighted by Crippen LogP contribution is -1.99. The normalized spacial score (nSPS) is 10.3. The molecule has 2 rings (SSSR count). The van der Waals surface area contributed by atoms with Crippen molar-refractivity contribution >= 4 is 29.2 Å². The van der Waals surface area contributed by atoms with E-state index in [4.69, 9.17) is 28.9 Å². The summed E-state index contributed by atoms with van der Waals surface area (Å²) in [7, 11) is 0. The van der Waals surface area contributed by atoms with Crippen molar-refractivity contribution in [2.45, 2.75) is 0 Å². The molecule has 0 saturated heterocycles. The Morgan fingerprint density at radius 2 is 1.93 bits per heavy atom. The molecule has 0 fully saturated rings. The van der Waals surface area contributed by atoms with Crippen LogP contribution in [0, 0.1) is 0 Å². The average molecular weight is 242 g/mol. The maximum atomic E-state index is 5.93. The first-order chi connectivity index (χ1) is 7.16. The monoisotopic (exact) mass is 241 g/mol. The minimum Gasteiger partial charge on any atom is -0.368 e. The van der Waals surface area contributed by atoms with Crippen molar-refractivity contribution < 1.29 is 0 Å². The third-order valence-electron chi connectivity index (χ3n) is 1.61. The maximum Gasteiger partial charge on any atom is 0.223 e. The van der Waals surface area contributed by atoms with E-state index in [1.807, 2.05) is 0 Å². The van der Waals surface area contributed by atoms with E-state index >= 15 is 0 Å². The molecule has 5 nitrogen and oxygen atoms in total. The first-order valence-electron chi connectivity index (χ1n) is 3.93. The van der Waals surface area contributed by atoms with E-state index in [2.05, 4.69) is 19.9 Å². The molecule has 7 heteroatoms. The molecule has 15 heavy (non-hydrogen) atoms. The van der Waals surface area contributed by atoms with Gasteiger partial charge < -0.3 is 5.73 Å². The SMILES string of the molecule is Nc1ncnc(-c2ncc(Cl)cc2Cl)n1. The van der Waals surface area contributed by atoms with Gasteiger partial charge in [0.05, 0.1) is 10.0 Å². The van der Waals surface area contributed by atoms with Gasteiger partial charge >= 0.3 is 0 Å². The number of nitrogens with two attached hydrogens (primary N) is 1. The molecule has 0 unspecified atom stereocenters. The molecule has 0 saturated carbocycles. The van der Waals surface area contributed by atoms with Crippen molar-refractivity contribution in [2.24, 2.45) is 0 Å². The second kappa shape index (κ2) is 3.96. The van der Waals surface area contributed by atoms with E-state index in [0.29, 0.717) is 21.6 Å². The topological polar surface area (TPSA) is 77.6 Å². The summed E-state index contributed by atoms with van der Waals surface area (Å²) in [6.07, 6.45) is 2.76. The van der Waals surface area contributed by atoms with Gasteiger partial charge in [-0.05, 0) is 6.07 Å². The second-order valence-electron chi connectivity index (χ2n) is 2.65. The van der Waals surface area contributed by atoms with E-state index < -0.39 is 0 Å². The Balaban J connectivity index is 2.54. The fourth-order valence-corrected chi connectivity index (χ4v) is 1.47. The van der Waals surface area contributed by atoms with Crippen LogP contribution in [-0.4, -0.2) is 19.9 Å². The zero-order chi connectivity index (χ0) is 10.8. The molecule has 0 aromatic carbocycles. The highest BCUT2D eigenvalue weighted by Gasteiger charge is 2.09. The van der Waals surface area contributed by atoms with E-state index in [-0.39, 0.29) is 5.95 Å². The number of rotatable bonds is 1. The zero-order valence-corrected chi connectivity index (χ0v) is 8.87. The largest absolute Gasteiger partial charge is 0.368 e. The molecule has 2 aromatic rings. The molecule has 2 N–H and O–H groups in total. The van der Waals surface area contributed by atoms with Gasteiger partial charge in [0.1, 0.15) is 12.0 Å². The second-order valence-corrected chi connectivity index (χ2v) is 3.49. The Bertz CT molecular complexity index is 502. The Morgan fingerprint density at radius 1 is 1.13 bits per heavy atom. The summed E-state index contributed by atoms with van der Waals surface area (Å²) in [5, 5.41) is 0.818. The van der Waals surface area contributed by atoms with Crippen LogP contribution in [0.4, 0.5) is 5.95 Å². The number of halogens is 2. The minimum absolute atomic E-state index is 0.118. The van der Waals surface area contributed by atoms with Crippen LogP contribution in [0.1, 0.15) is 0 Å². The predicted molar refractivity (Wildman–Crippen MR) is 57.5 cm³/mol. The molecule has 76 valence electrons. The maximum absolute atomic E-state index is 5.93. The summed E-state index contributed by atoms with van der Waals surface area (Å²) in [6, 6.07) is 1.56. The summed E-state index contributed by atoms with van der Waals surface area (Å²) in [5.41, 5.74) is 5.84. The fourth-order valence-electron chi connectivity index (χ4n) is 1.00. The molecular formula is C8H5Cl2N5. The Kier molecular flexibility index (Phi) is 2.66. The summed E-state index contributed by atoms with van der Waals surface area (Å²) < 4.78 is 0. The summed E-state index contributed by atoms with van der Waals surface area (Å²) in [5.74, 6) is 0.442. The fraction of sp³-hybridized carbons (Fsp3) is 0. The van der Waals surface area contributed by atoms with E-state index in [9.17, 15) is 0 Å². The van der Waals surface area contributed by atoms with Gasteiger partial charge in [-0.3, -0.25) is 0 Å². The van der Waals surface area contributed by atoms with E-state index in [0.717, 1.165) is 0 Å². The smallest absolute Gasteiger partial charge is 0.223 e. The molecule has 0 aliphatic heterocycles. The molecule has 0 bridgehead atoms. The van der Waals surface area contributed by atoms with Crippen molar-refractivity contribution in [3.05, 3.63) is 28.6 Å². The number of hydrogen-bond donors (Lipinski definition) is 1. The zero-order valence-electron chi connectivity index (χ0n) is 7.35. The van der Waals surface area contributed by atoms with Crippen LogP contribution < -0.4 is 5.73 Å². The van der Waals surface area contributed by atoms with Crippen LogP contribution in [0.2, 0.25) is 10.0 Å². The number of anilines is 1. The van der Waals surface area contributed by atoms with Crippen LogP contribution >= 0.6 is 23.2 Å². The molecule has 0 aliphatic carbocycles. The lowest BCUT2D eigenvalue weighted by atomic mass is 10.3. The Morgan fingerprint density at radius 3 is 2.60 bits per heavy atom. The van der Waals surface area contributed by atoms with Gasteiger partial charge in [0.15, 0.2) is 5.82 Å². The molecule has 0 aliphatic rings. The molecule has 0 radical (unpaired) electrons. The van der Waals surface area contributed by atoms with Crippen molar-refractivity contribution in [1.29, 1.82) is 0 Å². The van der Waals surface area contributed by atoms with Crippen molar-refractivity contribution in [3.8, 4) is 11.5 Å². The Labute approximate surface area is 95.3 Å². The minimum atomic E-state index is 0.118. The molecule has 0 amide bonds. The summed E-state index contributed by atoms with van der Waals surface area (Å²) in [4.78, 5) is 15.5.